The molecule has 0 saturated carbocycles. The Hall–Kier alpha value is -1.02. The number of benzene rings is 1. The van der Waals surface area contributed by atoms with E-state index in [-0.39, 0.29) is 4.83 Å². The number of furan rings is 1. The van der Waals surface area contributed by atoms with Gasteiger partial charge in [-0.05, 0) is 18.6 Å². The lowest BCUT2D eigenvalue weighted by molar-refractivity contribution is 0.564. The number of hydrogen-bond acceptors (Lipinski definition) is 1. The summed E-state index contributed by atoms with van der Waals surface area (Å²) in [6, 6.07) is 10.5. The van der Waals surface area contributed by atoms with Crippen molar-refractivity contribution in [3.8, 4) is 0 Å². The van der Waals surface area contributed by atoms with Crippen LogP contribution in [0.3, 0.4) is 0 Å². The number of aryl methyl sites for hydroxylation is 1. The van der Waals surface area contributed by atoms with Gasteiger partial charge in [-0.3, -0.25) is 0 Å². The Morgan fingerprint density at radius 2 is 1.79 bits per heavy atom. The van der Waals surface area contributed by atoms with Gasteiger partial charge in [0.15, 0.2) is 0 Å². The first kappa shape index (κ1) is 9.53. The Morgan fingerprint density at radius 1 is 1.07 bits per heavy atom. The largest absolute Gasteiger partial charge is 0.472 e. The maximum absolute atomic E-state index is 5.05. The molecule has 1 nitrogen and oxygen atoms in total. The summed E-state index contributed by atoms with van der Waals surface area (Å²) in [5, 5.41) is 0. The van der Waals surface area contributed by atoms with Gasteiger partial charge in [0.1, 0.15) is 0 Å². The predicted molar refractivity (Wildman–Crippen MR) is 60.7 cm³/mol. The minimum atomic E-state index is 0.224. The van der Waals surface area contributed by atoms with Gasteiger partial charge in [-0.15, -0.1) is 0 Å². The number of halogens is 1. The smallest absolute Gasteiger partial charge is 0.0949 e. The molecule has 2 heteroatoms. The normalized spacial score (nSPS) is 12.7. The molecule has 0 spiro atoms. The van der Waals surface area contributed by atoms with Crippen molar-refractivity contribution >= 4 is 15.9 Å². The van der Waals surface area contributed by atoms with Crippen LogP contribution < -0.4 is 0 Å². The van der Waals surface area contributed by atoms with Crippen molar-refractivity contribution in [2.24, 2.45) is 0 Å². The summed E-state index contributed by atoms with van der Waals surface area (Å²) in [5.41, 5.74) is 3.67. The van der Waals surface area contributed by atoms with E-state index < -0.39 is 0 Å². The molecule has 0 fully saturated rings. The second-order valence-electron chi connectivity index (χ2n) is 3.33. The van der Waals surface area contributed by atoms with Crippen LogP contribution in [0, 0.1) is 6.92 Å². The molecule has 1 heterocycles. The SMILES string of the molecule is Cc1ccc(C(Br)c2ccoc2)cc1. The molecule has 1 aromatic heterocycles. The quantitative estimate of drug-likeness (QED) is 0.733. The summed E-state index contributed by atoms with van der Waals surface area (Å²) in [7, 11) is 0. The number of rotatable bonds is 2. The van der Waals surface area contributed by atoms with Gasteiger partial charge in [0.2, 0.25) is 0 Å². The second-order valence-corrected chi connectivity index (χ2v) is 4.25. The minimum Gasteiger partial charge on any atom is -0.472 e. The van der Waals surface area contributed by atoms with Crippen molar-refractivity contribution in [2.75, 3.05) is 0 Å². The van der Waals surface area contributed by atoms with E-state index in [9.17, 15) is 0 Å². The van der Waals surface area contributed by atoms with Crippen molar-refractivity contribution in [1.82, 2.24) is 0 Å². The second kappa shape index (κ2) is 4.01. The highest BCUT2D eigenvalue weighted by Crippen LogP contribution is 2.30. The van der Waals surface area contributed by atoms with Crippen LogP contribution in [0.1, 0.15) is 21.5 Å². The average molecular weight is 251 g/mol. The molecule has 0 radical (unpaired) electrons. The molecule has 0 bridgehead atoms. The van der Waals surface area contributed by atoms with Crippen molar-refractivity contribution in [3.63, 3.8) is 0 Å². The van der Waals surface area contributed by atoms with Crippen LogP contribution in [-0.4, -0.2) is 0 Å². The molecular formula is C12H11BrO. The molecule has 0 amide bonds. The molecule has 0 saturated heterocycles. The van der Waals surface area contributed by atoms with Crippen LogP contribution >= 0.6 is 15.9 Å². The van der Waals surface area contributed by atoms with Crippen molar-refractivity contribution in [3.05, 3.63) is 59.5 Å². The average Bonchev–Trinajstić information content (AvgIpc) is 2.71. The summed E-state index contributed by atoms with van der Waals surface area (Å²) >= 11 is 3.64. The molecule has 1 atom stereocenters. The van der Waals surface area contributed by atoms with Gasteiger partial charge >= 0.3 is 0 Å². The lowest BCUT2D eigenvalue weighted by Gasteiger charge is -2.07. The van der Waals surface area contributed by atoms with Crippen LogP contribution in [-0.2, 0) is 0 Å². The summed E-state index contributed by atoms with van der Waals surface area (Å²) in [4.78, 5) is 0.224. The van der Waals surface area contributed by atoms with Gasteiger partial charge in [0.25, 0.3) is 0 Å². The van der Waals surface area contributed by atoms with Gasteiger partial charge in [-0.25, -0.2) is 0 Å². The van der Waals surface area contributed by atoms with Crippen molar-refractivity contribution in [1.29, 1.82) is 0 Å². The summed E-state index contributed by atoms with van der Waals surface area (Å²) in [6.45, 7) is 2.09. The van der Waals surface area contributed by atoms with Crippen LogP contribution in [0.4, 0.5) is 0 Å². The Morgan fingerprint density at radius 3 is 2.36 bits per heavy atom. The molecule has 2 aromatic rings. The fraction of sp³-hybridized carbons (Fsp3) is 0.167. The molecule has 14 heavy (non-hydrogen) atoms. The monoisotopic (exact) mass is 250 g/mol. The van der Waals surface area contributed by atoms with Crippen LogP contribution in [0.5, 0.6) is 0 Å². The van der Waals surface area contributed by atoms with E-state index in [1.54, 1.807) is 12.5 Å². The molecular weight excluding hydrogens is 240 g/mol. The standard InChI is InChI=1S/C12H11BrO/c1-9-2-4-10(5-3-9)12(13)11-6-7-14-8-11/h2-8,12H,1H3. The Balaban J connectivity index is 2.28. The highest BCUT2D eigenvalue weighted by molar-refractivity contribution is 9.09. The molecule has 0 aliphatic rings. The first-order chi connectivity index (χ1) is 6.77. The zero-order valence-corrected chi connectivity index (χ0v) is 9.49. The molecule has 1 unspecified atom stereocenters. The van der Waals surface area contributed by atoms with Crippen LogP contribution in [0.2, 0.25) is 0 Å². The van der Waals surface area contributed by atoms with Crippen LogP contribution in [0.15, 0.2) is 47.3 Å². The van der Waals surface area contributed by atoms with E-state index in [4.69, 9.17) is 4.42 Å². The van der Waals surface area contributed by atoms with E-state index in [1.807, 2.05) is 6.07 Å². The Kier molecular flexibility index (Phi) is 2.73. The van der Waals surface area contributed by atoms with Crippen molar-refractivity contribution in [2.45, 2.75) is 11.8 Å². The zero-order chi connectivity index (χ0) is 9.97. The van der Waals surface area contributed by atoms with Gasteiger partial charge in [-0.1, -0.05) is 45.8 Å². The summed E-state index contributed by atoms with van der Waals surface area (Å²) < 4.78 is 5.05. The predicted octanol–water partition coefficient (Wildman–Crippen LogP) is 4.07. The lowest BCUT2D eigenvalue weighted by Crippen LogP contribution is -1.89. The zero-order valence-electron chi connectivity index (χ0n) is 7.91. The molecule has 2 rings (SSSR count). The van der Waals surface area contributed by atoms with E-state index in [0.717, 1.165) is 5.56 Å². The summed E-state index contributed by atoms with van der Waals surface area (Å²) in [6.07, 6.45) is 3.46. The molecule has 72 valence electrons. The lowest BCUT2D eigenvalue weighted by atomic mass is 10.1. The van der Waals surface area contributed by atoms with Crippen molar-refractivity contribution < 1.29 is 4.42 Å². The third-order valence-electron chi connectivity index (χ3n) is 2.21. The maximum atomic E-state index is 5.05. The van der Waals surface area contributed by atoms with Gasteiger partial charge in [0.05, 0.1) is 17.4 Å². The number of hydrogen-bond donors (Lipinski definition) is 0. The molecule has 0 N–H and O–H groups in total. The Labute approximate surface area is 91.9 Å². The first-order valence-corrected chi connectivity index (χ1v) is 5.41. The Bertz CT molecular complexity index is 389. The fourth-order valence-electron chi connectivity index (χ4n) is 1.35. The van der Waals surface area contributed by atoms with E-state index in [2.05, 4.69) is 47.1 Å². The molecule has 1 aromatic carbocycles. The minimum absolute atomic E-state index is 0.224. The maximum Gasteiger partial charge on any atom is 0.0949 e. The van der Waals surface area contributed by atoms with E-state index in [0.29, 0.717) is 0 Å². The summed E-state index contributed by atoms with van der Waals surface area (Å²) in [5.74, 6) is 0. The molecule has 0 aliphatic carbocycles. The third-order valence-corrected chi connectivity index (χ3v) is 3.26. The van der Waals surface area contributed by atoms with Crippen LogP contribution in [0.25, 0.3) is 0 Å². The van der Waals surface area contributed by atoms with E-state index in [1.165, 1.54) is 11.1 Å². The van der Waals surface area contributed by atoms with Gasteiger partial charge < -0.3 is 4.42 Å². The van der Waals surface area contributed by atoms with Gasteiger partial charge in [0, 0.05) is 5.56 Å². The fourth-order valence-corrected chi connectivity index (χ4v) is 1.91. The van der Waals surface area contributed by atoms with E-state index >= 15 is 0 Å². The first-order valence-electron chi connectivity index (χ1n) is 4.50. The topological polar surface area (TPSA) is 13.1 Å². The number of alkyl halides is 1. The highest BCUT2D eigenvalue weighted by Gasteiger charge is 2.10. The third kappa shape index (κ3) is 1.90. The highest BCUT2D eigenvalue weighted by atomic mass is 79.9. The molecule has 0 aliphatic heterocycles. The van der Waals surface area contributed by atoms with Gasteiger partial charge in [-0.2, -0.15) is 0 Å².